The summed E-state index contributed by atoms with van der Waals surface area (Å²) in [6.07, 6.45) is 5.25. The number of benzene rings is 1. The molecule has 35 heavy (non-hydrogen) atoms. The van der Waals surface area contributed by atoms with Gasteiger partial charge >= 0.3 is 6.03 Å². The van der Waals surface area contributed by atoms with Gasteiger partial charge in [0.15, 0.2) is 11.5 Å². The lowest BCUT2D eigenvalue weighted by Crippen LogP contribution is -2.55. The lowest BCUT2D eigenvalue weighted by Gasteiger charge is -2.37. The molecule has 1 saturated carbocycles. The first-order valence-corrected chi connectivity index (χ1v) is 13.4. The Morgan fingerprint density at radius 2 is 1.80 bits per heavy atom. The monoisotopic (exact) mass is 499 g/mol. The van der Waals surface area contributed by atoms with E-state index in [-0.39, 0.29) is 36.9 Å². The first-order chi connectivity index (χ1) is 16.7. The predicted octanol–water partition coefficient (Wildman–Crippen LogP) is 5.46. The zero-order valence-electron chi connectivity index (χ0n) is 21.3. The molecule has 2 aromatic rings. The Morgan fingerprint density at radius 1 is 1.06 bits per heavy atom. The number of hydrogen-bond acceptors (Lipinski definition) is 5. The third-order valence-electron chi connectivity index (χ3n) is 6.53. The lowest BCUT2D eigenvalue weighted by molar-refractivity contribution is -0.133. The molecule has 3 amide bonds. The van der Waals surface area contributed by atoms with E-state index in [0.717, 1.165) is 41.9 Å². The molecule has 0 saturated heterocycles. The highest BCUT2D eigenvalue weighted by molar-refractivity contribution is 7.10. The van der Waals surface area contributed by atoms with Crippen LogP contribution >= 0.6 is 11.3 Å². The van der Waals surface area contributed by atoms with Gasteiger partial charge in [0.05, 0.1) is 6.54 Å². The number of ether oxygens (including phenoxy) is 2. The van der Waals surface area contributed by atoms with Crippen LogP contribution in [0.1, 0.15) is 68.9 Å². The summed E-state index contributed by atoms with van der Waals surface area (Å²) in [5.41, 5.74) is 1.78. The van der Waals surface area contributed by atoms with Gasteiger partial charge in [0.1, 0.15) is 6.54 Å². The van der Waals surface area contributed by atoms with E-state index in [9.17, 15) is 9.59 Å². The highest BCUT2D eigenvalue weighted by atomic mass is 32.1. The molecule has 0 bridgehead atoms. The summed E-state index contributed by atoms with van der Waals surface area (Å²) in [5.74, 6) is 1.38. The predicted molar refractivity (Wildman–Crippen MR) is 138 cm³/mol. The van der Waals surface area contributed by atoms with Crippen LogP contribution in [0, 0.1) is 6.92 Å². The summed E-state index contributed by atoms with van der Waals surface area (Å²) >= 11 is 1.66. The minimum atomic E-state index is -0.368. The van der Waals surface area contributed by atoms with Crippen LogP contribution in [0.25, 0.3) is 0 Å². The number of carbonyl (C=O) groups is 2. The van der Waals surface area contributed by atoms with Gasteiger partial charge in [-0.05, 0) is 75.2 Å². The molecular weight excluding hydrogens is 462 g/mol. The minimum Gasteiger partial charge on any atom is -0.454 e. The van der Waals surface area contributed by atoms with Gasteiger partial charge in [-0.1, -0.05) is 25.3 Å². The second-order valence-corrected chi connectivity index (χ2v) is 11.6. The van der Waals surface area contributed by atoms with Gasteiger partial charge in [-0.15, -0.1) is 11.3 Å². The number of amides is 3. The summed E-state index contributed by atoms with van der Waals surface area (Å²) in [6.45, 7) is 9.21. The molecule has 8 heteroatoms. The van der Waals surface area contributed by atoms with E-state index in [0.29, 0.717) is 18.8 Å². The molecule has 0 atom stereocenters. The quantitative estimate of drug-likeness (QED) is 0.549. The maximum absolute atomic E-state index is 13.8. The van der Waals surface area contributed by atoms with Crippen LogP contribution in [0.4, 0.5) is 4.79 Å². The zero-order chi connectivity index (χ0) is 25.0. The Labute approximate surface area is 212 Å². The molecule has 1 fully saturated rings. The van der Waals surface area contributed by atoms with Crippen molar-refractivity contribution < 1.29 is 19.1 Å². The second kappa shape index (κ2) is 10.9. The minimum absolute atomic E-state index is 0.0508. The smallest absolute Gasteiger partial charge is 0.318 e. The molecule has 1 N–H and O–H groups in total. The third kappa shape index (κ3) is 6.69. The standard InChI is InChI=1S/C27H37N3O4S/c1-19-12-13-35-24(19)16-29(15-20-10-11-22-23(14-20)34-18-33-22)25(31)17-30(21-8-6-5-7-9-21)26(32)28-27(2,3)4/h10-14,21H,5-9,15-18H2,1-4H3,(H,28,32). The van der Waals surface area contributed by atoms with Crippen molar-refractivity contribution in [1.29, 1.82) is 0 Å². The molecule has 1 aromatic carbocycles. The van der Waals surface area contributed by atoms with Gasteiger partial charge in [-0.25, -0.2) is 4.79 Å². The van der Waals surface area contributed by atoms with E-state index in [1.807, 2.05) is 43.9 Å². The normalized spacial score (nSPS) is 15.7. The van der Waals surface area contributed by atoms with E-state index in [1.54, 1.807) is 16.2 Å². The topological polar surface area (TPSA) is 71.1 Å². The number of rotatable bonds is 7. The maximum atomic E-state index is 13.8. The number of aryl methyl sites for hydroxylation is 1. The molecule has 2 aliphatic rings. The fourth-order valence-electron chi connectivity index (χ4n) is 4.63. The highest BCUT2D eigenvalue weighted by Gasteiger charge is 2.31. The highest BCUT2D eigenvalue weighted by Crippen LogP contribution is 2.33. The van der Waals surface area contributed by atoms with Crippen LogP contribution in [0.5, 0.6) is 11.5 Å². The van der Waals surface area contributed by atoms with Crippen molar-refractivity contribution in [3.05, 3.63) is 45.6 Å². The molecular formula is C27H37N3O4S. The van der Waals surface area contributed by atoms with E-state index in [4.69, 9.17) is 9.47 Å². The molecule has 190 valence electrons. The van der Waals surface area contributed by atoms with Gasteiger partial charge in [-0.3, -0.25) is 4.79 Å². The average molecular weight is 500 g/mol. The SMILES string of the molecule is Cc1ccsc1CN(Cc1ccc2c(c1)OCO2)C(=O)CN(C(=O)NC(C)(C)C)C1CCCCC1. The summed E-state index contributed by atoms with van der Waals surface area (Å²) < 4.78 is 11.0. The van der Waals surface area contributed by atoms with E-state index in [2.05, 4.69) is 23.7 Å². The van der Waals surface area contributed by atoms with Gasteiger partial charge in [-0.2, -0.15) is 0 Å². The molecule has 0 spiro atoms. The maximum Gasteiger partial charge on any atom is 0.318 e. The summed E-state index contributed by atoms with van der Waals surface area (Å²) in [5, 5.41) is 5.14. The van der Waals surface area contributed by atoms with Gasteiger partial charge in [0.2, 0.25) is 12.7 Å². The van der Waals surface area contributed by atoms with Crippen molar-refractivity contribution in [3.8, 4) is 11.5 Å². The number of hydrogen-bond donors (Lipinski definition) is 1. The van der Waals surface area contributed by atoms with Crippen LogP contribution in [-0.4, -0.2) is 46.7 Å². The first-order valence-electron chi connectivity index (χ1n) is 12.5. The Balaban J connectivity index is 1.55. The van der Waals surface area contributed by atoms with Crippen LogP contribution < -0.4 is 14.8 Å². The van der Waals surface area contributed by atoms with Crippen molar-refractivity contribution in [2.24, 2.45) is 0 Å². The molecule has 1 aromatic heterocycles. The number of urea groups is 1. The van der Waals surface area contributed by atoms with Gasteiger partial charge < -0.3 is 24.6 Å². The zero-order valence-corrected chi connectivity index (χ0v) is 22.1. The Morgan fingerprint density at radius 3 is 2.49 bits per heavy atom. The Hall–Kier alpha value is -2.74. The summed E-state index contributed by atoms with van der Waals surface area (Å²) in [4.78, 5) is 31.9. The molecule has 4 rings (SSSR count). The Kier molecular flexibility index (Phi) is 7.89. The molecule has 0 radical (unpaired) electrons. The van der Waals surface area contributed by atoms with E-state index in [1.165, 1.54) is 12.0 Å². The van der Waals surface area contributed by atoms with E-state index >= 15 is 0 Å². The van der Waals surface area contributed by atoms with Crippen LogP contribution in [0.3, 0.4) is 0 Å². The van der Waals surface area contributed by atoms with Gasteiger partial charge in [0, 0.05) is 23.0 Å². The van der Waals surface area contributed by atoms with Crippen LogP contribution in [0.15, 0.2) is 29.6 Å². The lowest BCUT2D eigenvalue weighted by atomic mass is 9.94. The van der Waals surface area contributed by atoms with Crippen molar-refractivity contribution in [2.75, 3.05) is 13.3 Å². The largest absolute Gasteiger partial charge is 0.454 e. The first kappa shape index (κ1) is 25.4. The number of nitrogens with zero attached hydrogens (tertiary/aromatic N) is 2. The van der Waals surface area contributed by atoms with Crippen LogP contribution in [0.2, 0.25) is 0 Å². The van der Waals surface area contributed by atoms with E-state index < -0.39 is 0 Å². The van der Waals surface area contributed by atoms with Crippen LogP contribution in [-0.2, 0) is 17.9 Å². The third-order valence-corrected chi connectivity index (χ3v) is 7.54. The van der Waals surface area contributed by atoms with Crippen molar-refractivity contribution in [3.63, 3.8) is 0 Å². The van der Waals surface area contributed by atoms with Crippen molar-refractivity contribution in [2.45, 2.75) is 84.5 Å². The van der Waals surface area contributed by atoms with Gasteiger partial charge in [0.25, 0.3) is 0 Å². The Bertz CT molecular complexity index is 1040. The summed E-state index contributed by atoms with van der Waals surface area (Å²) in [7, 11) is 0. The molecule has 1 aliphatic carbocycles. The number of fused-ring (bicyclic) bond motifs is 1. The van der Waals surface area contributed by atoms with Crippen molar-refractivity contribution >= 4 is 23.3 Å². The van der Waals surface area contributed by atoms with Crippen molar-refractivity contribution in [1.82, 2.24) is 15.1 Å². The fraction of sp³-hybridized carbons (Fsp3) is 0.556. The molecule has 2 heterocycles. The number of nitrogens with one attached hydrogen (secondary N) is 1. The second-order valence-electron chi connectivity index (χ2n) is 10.6. The summed E-state index contributed by atoms with van der Waals surface area (Å²) in [6, 6.07) is 7.81. The molecule has 7 nitrogen and oxygen atoms in total. The molecule has 1 aliphatic heterocycles. The molecule has 0 unspecified atom stereocenters. The number of thiophene rings is 1. The average Bonchev–Trinajstić information content (AvgIpc) is 3.44. The fourth-order valence-corrected chi connectivity index (χ4v) is 5.55. The number of carbonyl (C=O) groups excluding carboxylic acids is 2.